The molecule has 1 fully saturated rings. The normalized spacial score (nSPS) is 24.3. The van der Waals surface area contributed by atoms with Gasteiger partial charge >= 0.3 is 0 Å². The Balaban J connectivity index is 0.00000225. The van der Waals surface area contributed by atoms with Crippen LogP contribution in [0.25, 0.3) is 0 Å². The number of hydrogen-bond acceptors (Lipinski definition) is 2. The molecule has 0 radical (unpaired) electrons. The van der Waals surface area contributed by atoms with Crippen LogP contribution in [0.5, 0.6) is 0 Å². The Kier molecular flexibility index (Phi) is 4.07. The number of likely N-dealkylation sites (N-methyl/N-ethyl adjacent to an activating group) is 1. The fourth-order valence-electron chi connectivity index (χ4n) is 2.45. The molecule has 1 aliphatic heterocycles. The van der Waals surface area contributed by atoms with Gasteiger partial charge in [-0.2, -0.15) is 0 Å². The van der Waals surface area contributed by atoms with Crippen molar-refractivity contribution >= 4 is 12.4 Å². The van der Waals surface area contributed by atoms with Crippen molar-refractivity contribution in [2.75, 3.05) is 33.1 Å². The van der Waals surface area contributed by atoms with Crippen LogP contribution >= 0.6 is 12.4 Å². The van der Waals surface area contributed by atoms with Crippen LogP contribution in [0.15, 0.2) is 60.7 Å². The van der Waals surface area contributed by atoms with Crippen LogP contribution in [-0.2, 0) is 0 Å². The Labute approximate surface area is 139 Å². The van der Waals surface area contributed by atoms with Crippen molar-refractivity contribution in [3.05, 3.63) is 71.8 Å². The molecule has 21 heavy (non-hydrogen) atoms. The van der Waals surface area contributed by atoms with Crippen molar-refractivity contribution in [2.24, 2.45) is 0 Å². The summed E-state index contributed by atoms with van der Waals surface area (Å²) in [6.07, 6.45) is 0. The predicted molar refractivity (Wildman–Crippen MR) is 91.0 cm³/mol. The minimum absolute atomic E-state index is 0. The summed E-state index contributed by atoms with van der Waals surface area (Å²) in [4.78, 5) is 3.11. The van der Waals surface area contributed by atoms with Crippen LogP contribution in [0.3, 0.4) is 0 Å². The zero-order valence-corrected chi connectivity index (χ0v) is 12.9. The van der Waals surface area contributed by atoms with Crippen LogP contribution in [-0.4, -0.2) is 42.9 Å². The molecule has 1 saturated heterocycles. The van der Waals surface area contributed by atoms with Crippen molar-refractivity contribution in [3.8, 4) is 0 Å². The molecule has 0 N–H and O–H groups in total. The lowest BCUT2D eigenvalue weighted by Crippen LogP contribution is -2.46. The summed E-state index contributed by atoms with van der Waals surface area (Å²) in [7, 11) is 1.76. The van der Waals surface area contributed by atoms with Crippen LogP contribution < -0.4 is 0 Å². The molecule has 0 bridgehead atoms. The van der Waals surface area contributed by atoms with Gasteiger partial charge < -0.3 is 4.90 Å². The molecule has 2 aromatic carbocycles. The van der Waals surface area contributed by atoms with E-state index < -0.39 is 19.0 Å². The summed E-state index contributed by atoms with van der Waals surface area (Å²) in [5.74, 6) is 0. The van der Waals surface area contributed by atoms with Gasteiger partial charge in [-0.15, -0.1) is 12.4 Å². The number of piperazine rings is 1. The van der Waals surface area contributed by atoms with Gasteiger partial charge in [0.25, 0.3) is 0 Å². The van der Waals surface area contributed by atoms with E-state index in [9.17, 15) is 0 Å². The van der Waals surface area contributed by atoms with E-state index in [2.05, 4.69) is 0 Å². The topological polar surface area (TPSA) is 6.48 Å². The van der Waals surface area contributed by atoms with Gasteiger partial charge in [-0.25, -0.2) is 0 Å². The maximum absolute atomic E-state index is 8.51. The predicted octanol–water partition coefficient (Wildman–Crippen LogP) is 3.45. The summed E-state index contributed by atoms with van der Waals surface area (Å²) in [5.41, 5.74) is 1.78. The Hall–Kier alpha value is -1.35. The Morgan fingerprint density at radius 2 is 1.29 bits per heavy atom. The van der Waals surface area contributed by atoms with Gasteiger partial charge in [-0.05, 0) is 18.2 Å². The highest BCUT2D eigenvalue weighted by molar-refractivity contribution is 5.85. The van der Waals surface area contributed by atoms with Gasteiger partial charge in [0.15, 0.2) is 0 Å². The second kappa shape index (κ2) is 7.60. The summed E-state index contributed by atoms with van der Waals surface area (Å²) in [6, 6.07) is 18.7. The molecule has 0 aliphatic carbocycles. The quantitative estimate of drug-likeness (QED) is 0.857. The van der Waals surface area contributed by atoms with E-state index in [0.29, 0.717) is 0 Å². The van der Waals surface area contributed by atoms with Gasteiger partial charge in [-0.3, -0.25) is 4.90 Å². The first kappa shape index (κ1) is 11.2. The van der Waals surface area contributed by atoms with Gasteiger partial charge in [0, 0.05) is 31.6 Å². The standard InChI is InChI=1S/C18H22N2.ClH/c1-19-12-14-20(15-13-19)18(16-8-4-2-5-9-16)17-10-6-3-7-11-17;/h2-11,18H,12-15H2,1H3;1H/i14D2,15D2;. The molecule has 0 atom stereocenters. The molecule has 3 rings (SSSR count). The lowest BCUT2D eigenvalue weighted by molar-refractivity contribution is 0.127. The van der Waals surface area contributed by atoms with E-state index in [1.54, 1.807) is 11.9 Å². The molecule has 0 saturated carbocycles. The zero-order chi connectivity index (χ0) is 17.4. The number of hydrogen-bond donors (Lipinski definition) is 0. The molecular weight excluding hydrogens is 280 g/mol. The molecule has 112 valence electrons. The van der Waals surface area contributed by atoms with Crippen molar-refractivity contribution in [1.82, 2.24) is 9.80 Å². The summed E-state index contributed by atoms with van der Waals surface area (Å²) >= 11 is 0. The average Bonchev–Trinajstić information content (AvgIpc) is 2.51. The van der Waals surface area contributed by atoms with Crippen LogP contribution in [0, 0.1) is 0 Å². The molecule has 3 heteroatoms. The zero-order valence-electron chi connectivity index (χ0n) is 16.1. The second-order valence-electron chi connectivity index (χ2n) is 5.08. The summed E-state index contributed by atoms with van der Waals surface area (Å²) in [5, 5.41) is 0. The maximum atomic E-state index is 8.51. The first-order valence-corrected chi connectivity index (χ1v) is 6.89. The molecule has 1 aliphatic rings. The molecule has 0 spiro atoms. The number of rotatable bonds is 3. The van der Waals surface area contributed by atoms with Gasteiger partial charge in [0.1, 0.15) is 0 Å². The molecule has 2 aromatic rings. The van der Waals surface area contributed by atoms with E-state index in [4.69, 9.17) is 5.48 Å². The van der Waals surface area contributed by atoms with Crippen molar-refractivity contribution in [2.45, 2.75) is 6.04 Å². The Morgan fingerprint density at radius 3 is 1.71 bits per heavy atom. The van der Waals surface area contributed by atoms with E-state index in [0.717, 1.165) is 11.1 Å². The third-order valence-corrected chi connectivity index (χ3v) is 3.51. The lowest BCUT2D eigenvalue weighted by Gasteiger charge is -2.38. The SMILES string of the molecule is Cl.[2H]C1([2H])CN(C)CC([2H])([2H])N1C(c1ccccc1)c1ccccc1. The van der Waals surface area contributed by atoms with Crippen molar-refractivity contribution < 1.29 is 5.48 Å². The van der Waals surface area contributed by atoms with Crippen LogP contribution in [0.2, 0.25) is 0 Å². The van der Waals surface area contributed by atoms with E-state index >= 15 is 0 Å². The van der Waals surface area contributed by atoms with Crippen molar-refractivity contribution in [3.63, 3.8) is 0 Å². The highest BCUT2D eigenvalue weighted by Gasteiger charge is 2.24. The monoisotopic (exact) mass is 306 g/mol. The van der Waals surface area contributed by atoms with E-state index in [1.165, 1.54) is 4.90 Å². The molecule has 1 heterocycles. The maximum Gasteiger partial charge on any atom is 0.0602 e. The number of nitrogens with zero attached hydrogens (tertiary/aromatic N) is 2. The fourth-order valence-corrected chi connectivity index (χ4v) is 2.45. The Bertz CT molecular complexity index is 624. The molecular formula is C18H23ClN2. The Morgan fingerprint density at radius 1 is 0.857 bits per heavy atom. The van der Waals surface area contributed by atoms with E-state index in [1.807, 2.05) is 60.7 Å². The van der Waals surface area contributed by atoms with Crippen molar-refractivity contribution in [1.29, 1.82) is 0 Å². The average molecular weight is 307 g/mol. The third kappa shape index (κ3) is 3.85. The first-order valence-electron chi connectivity index (χ1n) is 8.89. The van der Waals surface area contributed by atoms with Gasteiger partial charge in [0.05, 0.1) is 6.04 Å². The second-order valence-corrected chi connectivity index (χ2v) is 5.08. The summed E-state index contributed by atoms with van der Waals surface area (Å²) in [6.45, 7) is -3.23. The first-order chi connectivity index (χ1) is 11.3. The lowest BCUT2D eigenvalue weighted by atomic mass is 9.96. The van der Waals surface area contributed by atoms with Gasteiger partial charge in [-0.1, -0.05) is 60.7 Å². The highest BCUT2D eigenvalue weighted by atomic mass is 35.5. The minimum atomic E-state index is -1.78. The van der Waals surface area contributed by atoms with Gasteiger partial charge in [0.2, 0.25) is 0 Å². The highest BCUT2D eigenvalue weighted by Crippen LogP contribution is 2.29. The smallest absolute Gasteiger partial charge is 0.0602 e. The summed E-state index contributed by atoms with van der Waals surface area (Å²) < 4.78 is 34.0. The minimum Gasteiger partial charge on any atom is -0.304 e. The molecule has 0 unspecified atom stereocenters. The number of benzene rings is 2. The van der Waals surface area contributed by atoms with E-state index in [-0.39, 0.29) is 25.5 Å². The molecule has 2 nitrogen and oxygen atoms in total. The molecule has 0 amide bonds. The van der Waals surface area contributed by atoms with Crippen LogP contribution in [0.1, 0.15) is 22.7 Å². The fraction of sp³-hybridized carbons (Fsp3) is 0.333. The third-order valence-electron chi connectivity index (χ3n) is 3.51. The molecule has 0 aromatic heterocycles. The largest absolute Gasteiger partial charge is 0.304 e. The number of halogens is 1. The van der Waals surface area contributed by atoms with Crippen LogP contribution in [0.4, 0.5) is 0 Å².